The van der Waals surface area contributed by atoms with Crippen LogP contribution in [0.15, 0.2) is 102 Å². The van der Waals surface area contributed by atoms with Gasteiger partial charge in [-0.15, -0.1) is 0 Å². The molecular formula is C37H42N4O7S. The van der Waals surface area contributed by atoms with Gasteiger partial charge in [0.25, 0.3) is 15.7 Å². The lowest BCUT2D eigenvalue weighted by atomic mass is 10.0. The van der Waals surface area contributed by atoms with E-state index in [9.17, 15) is 28.1 Å². The fourth-order valence-corrected chi connectivity index (χ4v) is 6.75. The van der Waals surface area contributed by atoms with Gasteiger partial charge < -0.3 is 15.0 Å². The van der Waals surface area contributed by atoms with Crippen LogP contribution in [0.3, 0.4) is 0 Å². The van der Waals surface area contributed by atoms with Crippen molar-refractivity contribution in [2.24, 2.45) is 0 Å². The molecule has 12 heteroatoms. The summed E-state index contributed by atoms with van der Waals surface area (Å²) in [5, 5.41) is 14.8. The highest BCUT2D eigenvalue weighted by atomic mass is 32.2. The number of hydrogen-bond donors (Lipinski definition) is 1. The van der Waals surface area contributed by atoms with E-state index < -0.39 is 33.4 Å². The molecule has 11 nitrogen and oxygen atoms in total. The number of benzene rings is 4. The molecule has 0 radical (unpaired) electrons. The van der Waals surface area contributed by atoms with Gasteiger partial charge >= 0.3 is 0 Å². The fourth-order valence-electron chi connectivity index (χ4n) is 5.32. The van der Waals surface area contributed by atoms with Crippen LogP contribution in [0, 0.1) is 24.0 Å². The van der Waals surface area contributed by atoms with Crippen LogP contribution in [0.5, 0.6) is 5.75 Å². The number of nitrogens with one attached hydrogen (secondary N) is 1. The first kappa shape index (κ1) is 36.6. The predicted octanol–water partition coefficient (Wildman–Crippen LogP) is 5.97. The van der Waals surface area contributed by atoms with Gasteiger partial charge in [-0.2, -0.15) is 0 Å². The van der Waals surface area contributed by atoms with Crippen LogP contribution in [0.25, 0.3) is 0 Å². The van der Waals surface area contributed by atoms with Gasteiger partial charge in [0.1, 0.15) is 18.3 Å². The second kappa shape index (κ2) is 16.2. The third-order valence-corrected chi connectivity index (χ3v) is 10.2. The normalized spacial score (nSPS) is 12.4. The summed E-state index contributed by atoms with van der Waals surface area (Å²) < 4.78 is 34.9. The van der Waals surface area contributed by atoms with Crippen molar-refractivity contribution in [3.8, 4) is 5.75 Å². The Balaban J connectivity index is 1.85. The van der Waals surface area contributed by atoms with Gasteiger partial charge in [-0.1, -0.05) is 67.6 Å². The molecule has 0 aromatic heterocycles. The molecule has 0 spiro atoms. The lowest BCUT2D eigenvalue weighted by molar-refractivity contribution is -0.385. The Bertz CT molecular complexity index is 1880. The topological polar surface area (TPSA) is 139 Å². The summed E-state index contributed by atoms with van der Waals surface area (Å²) in [6, 6.07) is 25.4. The first-order valence-electron chi connectivity index (χ1n) is 16.0. The third kappa shape index (κ3) is 9.02. The molecule has 0 aliphatic rings. The molecule has 0 fully saturated rings. The van der Waals surface area contributed by atoms with E-state index in [1.54, 1.807) is 12.1 Å². The molecule has 258 valence electrons. The first-order valence-corrected chi connectivity index (χ1v) is 17.4. The summed E-state index contributed by atoms with van der Waals surface area (Å²) >= 11 is 0. The van der Waals surface area contributed by atoms with Gasteiger partial charge in [-0.05, 0) is 74.2 Å². The maximum Gasteiger partial charge on any atom is 0.273 e. The van der Waals surface area contributed by atoms with Gasteiger partial charge in [0.05, 0.1) is 22.6 Å². The number of carbonyl (C=O) groups is 2. The smallest absolute Gasteiger partial charge is 0.273 e. The van der Waals surface area contributed by atoms with E-state index in [4.69, 9.17) is 4.74 Å². The number of anilines is 1. The van der Waals surface area contributed by atoms with Gasteiger partial charge in [0.2, 0.25) is 11.8 Å². The molecule has 0 aliphatic carbocycles. The van der Waals surface area contributed by atoms with Crippen LogP contribution in [-0.2, 0) is 32.6 Å². The highest BCUT2D eigenvalue weighted by Gasteiger charge is 2.35. The molecule has 1 N–H and O–H groups in total. The number of ether oxygens (including phenoxy) is 1. The maximum absolute atomic E-state index is 14.7. The first-order chi connectivity index (χ1) is 23.3. The van der Waals surface area contributed by atoms with Gasteiger partial charge in [-0.25, -0.2) is 8.42 Å². The number of aryl methyl sites for hydroxylation is 2. The van der Waals surface area contributed by atoms with Gasteiger partial charge in [-0.3, -0.25) is 24.0 Å². The molecule has 4 rings (SSSR count). The lowest BCUT2D eigenvalue weighted by Gasteiger charge is -2.34. The van der Waals surface area contributed by atoms with Crippen LogP contribution in [0.4, 0.5) is 11.4 Å². The lowest BCUT2D eigenvalue weighted by Crippen LogP contribution is -2.54. The van der Waals surface area contributed by atoms with Gasteiger partial charge in [0, 0.05) is 30.6 Å². The Labute approximate surface area is 287 Å². The van der Waals surface area contributed by atoms with Crippen molar-refractivity contribution in [1.29, 1.82) is 0 Å². The second-order valence-electron chi connectivity index (χ2n) is 11.9. The minimum Gasteiger partial charge on any atom is -0.497 e. The number of hydrogen-bond acceptors (Lipinski definition) is 7. The van der Waals surface area contributed by atoms with Crippen molar-refractivity contribution in [3.05, 3.63) is 129 Å². The summed E-state index contributed by atoms with van der Waals surface area (Å²) in [4.78, 5) is 40.9. The monoisotopic (exact) mass is 686 g/mol. The molecule has 4 aromatic carbocycles. The van der Waals surface area contributed by atoms with Crippen molar-refractivity contribution in [2.45, 2.75) is 64.1 Å². The third-order valence-electron chi connectivity index (χ3n) is 8.48. The quantitative estimate of drug-likeness (QED) is 0.120. The maximum atomic E-state index is 14.7. The molecule has 0 aliphatic heterocycles. The molecule has 2 atom stereocenters. The summed E-state index contributed by atoms with van der Waals surface area (Å²) in [6.07, 6.45) is 0.849. The molecule has 0 heterocycles. The van der Waals surface area contributed by atoms with Crippen LogP contribution < -0.4 is 14.4 Å². The number of nitro benzene ring substituents is 1. The zero-order chi connectivity index (χ0) is 35.7. The summed E-state index contributed by atoms with van der Waals surface area (Å²) in [5.74, 6) is -0.540. The van der Waals surface area contributed by atoms with E-state index >= 15 is 0 Å². The summed E-state index contributed by atoms with van der Waals surface area (Å²) in [5.41, 5.74) is 2.56. The Hall–Kier alpha value is -5.23. The van der Waals surface area contributed by atoms with Crippen molar-refractivity contribution in [2.75, 3.05) is 18.0 Å². The number of nitrogens with zero attached hydrogens (tertiary/aromatic N) is 3. The molecule has 0 saturated carbocycles. The highest BCUT2D eigenvalue weighted by Crippen LogP contribution is 2.30. The summed E-state index contributed by atoms with van der Waals surface area (Å²) in [6.45, 7) is 6.58. The molecule has 0 bridgehead atoms. The number of methoxy groups -OCH3 is 1. The average molecular weight is 687 g/mol. The minimum absolute atomic E-state index is 0.0312. The van der Waals surface area contributed by atoms with Crippen LogP contribution in [-0.4, -0.2) is 55.8 Å². The highest BCUT2D eigenvalue weighted by molar-refractivity contribution is 7.92. The molecule has 2 amide bonds. The van der Waals surface area contributed by atoms with Gasteiger partial charge in [0.15, 0.2) is 0 Å². The zero-order valence-electron chi connectivity index (χ0n) is 28.3. The molecule has 0 saturated heterocycles. The number of sulfonamides is 1. The number of rotatable bonds is 15. The van der Waals surface area contributed by atoms with E-state index in [2.05, 4.69) is 5.32 Å². The standard InChI is InChI=1S/C37H42N4O7S/c1-6-28(4)38-37(43)35(22-29-13-8-7-9-14-29)39(24-30-15-11-10-12-26(30)2)36(42)25-40(31-17-19-32(48-5)20-18-31)49(46,47)33-21-16-27(3)34(23-33)41(44)45/h7-21,23,28,35H,6,22,24-25H2,1-5H3,(H,38,43)/t28-,35-/m0/s1. The molecule has 49 heavy (non-hydrogen) atoms. The zero-order valence-corrected chi connectivity index (χ0v) is 29.1. The molecule has 0 unspecified atom stereocenters. The second-order valence-corrected chi connectivity index (χ2v) is 13.7. The summed E-state index contributed by atoms with van der Waals surface area (Å²) in [7, 11) is -3.07. The largest absolute Gasteiger partial charge is 0.497 e. The molecular weight excluding hydrogens is 644 g/mol. The predicted molar refractivity (Wildman–Crippen MR) is 189 cm³/mol. The van der Waals surface area contributed by atoms with E-state index in [1.165, 1.54) is 43.2 Å². The van der Waals surface area contributed by atoms with Crippen molar-refractivity contribution in [1.82, 2.24) is 10.2 Å². The number of amides is 2. The Morgan fingerprint density at radius 3 is 2.18 bits per heavy atom. The van der Waals surface area contributed by atoms with E-state index in [-0.39, 0.29) is 46.7 Å². The van der Waals surface area contributed by atoms with Crippen LogP contribution >= 0.6 is 0 Å². The van der Waals surface area contributed by atoms with E-state index in [0.29, 0.717) is 12.2 Å². The van der Waals surface area contributed by atoms with E-state index in [1.807, 2.05) is 75.4 Å². The Kier molecular flexibility index (Phi) is 12.1. The number of carbonyl (C=O) groups excluding carboxylic acids is 2. The Morgan fingerprint density at radius 2 is 1.57 bits per heavy atom. The van der Waals surface area contributed by atoms with Crippen LogP contribution in [0.2, 0.25) is 0 Å². The average Bonchev–Trinajstić information content (AvgIpc) is 3.09. The number of nitro groups is 1. The minimum atomic E-state index is -4.54. The fraction of sp³-hybridized carbons (Fsp3) is 0.297. The SMILES string of the molecule is CC[C@H](C)NC(=O)[C@H](Cc1ccccc1)N(Cc1ccccc1C)C(=O)CN(c1ccc(OC)cc1)S(=O)(=O)c1ccc(C)c([N+](=O)[O-])c1. The van der Waals surface area contributed by atoms with E-state index in [0.717, 1.165) is 27.1 Å². The Morgan fingerprint density at radius 1 is 0.918 bits per heavy atom. The molecule has 4 aromatic rings. The van der Waals surface area contributed by atoms with Crippen molar-refractivity contribution < 1.29 is 27.7 Å². The van der Waals surface area contributed by atoms with Crippen LogP contribution in [0.1, 0.15) is 42.5 Å². The van der Waals surface area contributed by atoms with Crippen molar-refractivity contribution >= 4 is 33.2 Å². The van der Waals surface area contributed by atoms with Crippen molar-refractivity contribution in [3.63, 3.8) is 0 Å².